The second-order valence-corrected chi connectivity index (χ2v) is 6.90. The van der Waals surface area contributed by atoms with E-state index in [4.69, 9.17) is 5.73 Å². The molecule has 0 atom stereocenters. The number of benzene rings is 3. The van der Waals surface area contributed by atoms with E-state index in [0.29, 0.717) is 5.56 Å². The normalized spacial score (nSPS) is 10.8. The van der Waals surface area contributed by atoms with E-state index in [1.165, 1.54) is 21.3 Å². The van der Waals surface area contributed by atoms with Crippen LogP contribution in [0.5, 0.6) is 0 Å². The molecule has 122 valence electrons. The van der Waals surface area contributed by atoms with Gasteiger partial charge in [-0.15, -0.1) is 0 Å². The Bertz CT molecular complexity index is 843. The summed E-state index contributed by atoms with van der Waals surface area (Å²) in [5.74, 6) is -1.89. The molecule has 0 radical (unpaired) electrons. The van der Waals surface area contributed by atoms with Gasteiger partial charge in [-0.05, 0) is 76.4 Å². The molecule has 2 N–H and O–H groups in total. The van der Waals surface area contributed by atoms with Crippen LogP contribution in [0.1, 0.15) is 11.1 Å². The molecule has 3 rings (SSSR count). The van der Waals surface area contributed by atoms with Gasteiger partial charge in [0.15, 0.2) is 11.6 Å². The first-order valence-corrected chi connectivity index (χ1v) is 8.69. The maximum absolute atomic E-state index is 14.0. The van der Waals surface area contributed by atoms with Gasteiger partial charge in [0.2, 0.25) is 0 Å². The molecule has 3 aromatic rings. The van der Waals surface area contributed by atoms with Crippen LogP contribution in [0.4, 0.5) is 14.5 Å². The number of nitrogen functional groups attached to an aromatic ring is 1. The van der Waals surface area contributed by atoms with Gasteiger partial charge < -0.3 is 5.73 Å². The van der Waals surface area contributed by atoms with Gasteiger partial charge in [0, 0.05) is 9.13 Å². The van der Waals surface area contributed by atoms with Crippen molar-refractivity contribution >= 4 is 28.3 Å². The summed E-state index contributed by atoms with van der Waals surface area (Å²) < 4.78 is 28.8. The van der Waals surface area contributed by atoms with Crippen LogP contribution in [0.15, 0.2) is 60.7 Å². The van der Waals surface area contributed by atoms with Gasteiger partial charge in [-0.25, -0.2) is 8.78 Å². The molecular weight excluding hydrogens is 419 g/mol. The topological polar surface area (TPSA) is 26.0 Å². The molecule has 1 nitrogen and oxygen atoms in total. The van der Waals surface area contributed by atoms with Gasteiger partial charge in [0.1, 0.15) is 0 Å². The third kappa shape index (κ3) is 3.75. The average Bonchev–Trinajstić information content (AvgIpc) is 2.60. The fourth-order valence-corrected chi connectivity index (χ4v) is 2.94. The van der Waals surface area contributed by atoms with E-state index >= 15 is 0 Å². The van der Waals surface area contributed by atoms with Crippen molar-refractivity contribution in [1.82, 2.24) is 0 Å². The zero-order chi connectivity index (χ0) is 17.1. The van der Waals surface area contributed by atoms with E-state index < -0.39 is 11.6 Å². The van der Waals surface area contributed by atoms with Gasteiger partial charge in [0.25, 0.3) is 0 Å². The molecule has 0 aliphatic carbocycles. The fourth-order valence-electron chi connectivity index (χ4n) is 2.58. The third-order valence-electron chi connectivity index (χ3n) is 3.99. The molecule has 0 aliphatic heterocycles. The van der Waals surface area contributed by atoms with Crippen LogP contribution in [0.2, 0.25) is 0 Å². The molecule has 0 unspecified atom stereocenters. The van der Waals surface area contributed by atoms with Crippen molar-refractivity contribution in [1.29, 1.82) is 0 Å². The third-order valence-corrected chi connectivity index (χ3v) is 4.71. The predicted octanol–water partition coefficient (Wildman–Crippen LogP) is 5.60. The van der Waals surface area contributed by atoms with Crippen LogP contribution < -0.4 is 5.73 Å². The molecule has 0 aliphatic rings. The Kier molecular flexibility index (Phi) is 5.14. The standard InChI is InChI=1S/C20H16F2IN/c21-19-17(11-12-18(24)20(19)22)15-7-3-13(4-8-15)1-2-14-5-9-16(23)10-6-14/h3-12H,1-2,24H2. The molecule has 3 aromatic carbocycles. The number of anilines is 1. The van der Waals surface area contributed by atoms with Gasteiger partial charge in [-0.1, -0.05) is 36.4 Å². The Morgan fingerprint density at radius 1 is 0.708 bits per heavy atom. The quantitative estimate of drug-likeness (QED) is 0.419. The lowest BCUT2D eigenvalue weighted by Gasteiger charge is -2.08. The summed E-state index contributed by atoms with van der Waals surface area (Å²) in [6, 6.07) is 18.9. The second-order valence-electron chi connectivity index (χ2n) is 5.65. The van der Waals surface area contributed by atoms with Crippen LogP contribution in [-0.2, 0) is 12.8 Å². The first-order valence-electron chi connectivity index (χ1n) is 7.62. The van der Waals surface area contributed by atoms with Crippen molar-refractivity contribution in [2.75, 3.05) is 5.73 Å². The Balaban J connectivity index is 1.74. The first kappa shape index (κ1) is 16.9. The zero-order valence-electron chi connectivity index (χ0n) is 12.9. The lowest BCUT2D eigenvalue weighted by Crippen LogP contribution is -1.97. The molecule has 4 heteroatoms. The summed E-state index contributed by atoms with van der Waals surface area (Å²) in [7, 11) is 0. The highest BCUT2D eigenvalue weighted by molar-refractivity contribution is 14.1. The van der Waals surface area contributed by atoms with Gasteiger partial charge >= 0.3 is 0 Å². The molecular formula is C20H16F2IN. The predicted molar refractivity (Wildman–Crippen MR) is 103 cm³/mol. The molecule has 24 heavy (non-hydrogen) atoms. The average molecular weight is 435 g/mol. The first-order chi connectivity index (χ1) is 11.5. The van der Waals surface area contributed by atoms with Crippen LogP contribution in [0.3, 0.4) is 0 Å². The van der Waals surface area contributed by atoms with E-state index in [1.807, 2.05) is 24.3 Å². The highest BCUT2D eigenvalue weighted by atomic mass is 127. The number of hydrogen-bond acceptors (Lipinski definition) is 1. The van der Waals surface area contributed by atoms with E-state index in [-0.39, 0.29) is 11.3 Å². The minimum atomic E-state index is -0.990. The second kappa shape index (κ2) is 7.30. The molecule has 0 spiro atoms. The monoisotopic (exact) mass is 435 g/mol. The van der Waals surface area contributed by atoms with Gasteiger partial charge in [0.05, 0.1) is 5.69 Å². The molecule has 0 saturated carbocycles. The van der Waals surface area contributed by atoms with Crippen molar-refractivity contribution < 1.29 is 8.78 Å². The molecule has 0 heterocycles. The molecule has 0 amide bonds. The zero-order valence-corrected chi connectivity index (χ0v) is 15.1. The van der Waals surface area contributed by atoms with Crippen LogP contribution in [0, 0.1) is 15.2 Å². The van der Waals surface area contributed by atoms with Crippen molar-refractivity contribution in [2.45, 2.75) is 12.8 Å². The Hall–Kier alpha value is -1.95. The van der Waals surface area contributed by atoms with Crippen LogP contribution in [0.25, 0.3) is 11.1 Å². The number of rotatable bonds is 4. The largest absolute Gasteiger partial charge is 0.396 e. The van der Waals surface area contributed by atoms with Gasteiger partial charge in [-0.2, -0.15) is 0 Å². The molecule has 0 fully saturated rings. The van der Waals surface area contributed by atoms with E-state index in [9.17, 15) is 8.78 Å². The number of nitrogens with two attached hydrogens (primary N) is 1. The van der Waals surface area contributed by atoms with E-state index in [1.54, 1.807) is 0 Å². The summed E-state index contributed by atoms with van der Waals surface area (Å²) in [6.45, 7) is 0. The molecule has 0 aromatic heterocycles. The maximum atomic E-state index is 14.0. The highest BCUT2D eigenvalue weighted by Crippen LogP contribution is 2.27. The summed E-state index contributed by atoms with van der Waals surface area (Å²) in [5, 5.41) is 0. The van der Waals surface area contributed by atoms with Crippen molar-refractivity contribution in [3.8, 4) is 11.1 Å². The molecule has 0 bridgehead atoms. The van der Waals surface area contributed by atoms with Gasteiger partial charge in [-0.3, -0.25) is 0 Å². The lowest BCUT2D eigenvalue weighted by molar-refractivity contribution is 0.514. The maximum Gasteiger partial charge on any atom is 0.182 e. The smallest absolute Gasteiger partial charge is 0.182 e. The Labute approximate surface area is 153 Å². The van der Waals surface area contributed by atoms with Crippen LogP contribution in [-0.4, -0.2) is 0 Å². The SMILES string of the molecule is Nc1ccc(-c2ccc(CCc3ccc(I)cc3)cc2)c(F)c1F. The minimum Gasteiger partial charge on any atom is -0.396 e. The van der Waals surface area contributed by atoms with E-state index in [2.05, 4.69) is 46.9 Å². The summed E-state index contributed by atoms with van der Waals surface area (Å²) in [6.07, 6.45) is 1.85. The summed E-state index contributed by atoms with van der Waals surface area (Å²) >= 11 is 2.29. The minimum absolute atomic E-state index is 0.176. The highest BCUT2D eigenvalue weighted by Gasteiger charge is 2.12. The van der Waals surface area contributed by atoms with Crippen LogP contribution >= 0.6 is 22.6 Å². The summed E-state index contributed by atoms with van der Waals surface area (Å²) in [4.78, 5) is 0. The molecule has 0 saturated heterocycles. The van der Waals surface area contributed by atoms with Crippen molar-refractivity contribution in [3.63, 3.8) is 0 Å². The van der Waals surface area contributed by atoms with Crippen molar-refractivity contribution in [3.05, 3.63) is 87.0 Å². The Morgan fingerprint density at radius 2 is 1.25 bits per heavy atom. The van der Waals surface area contributed by atoms with E-state index in [0.717, 1.165) is 18.4 Å². The number of aryl methyl sites for hydroxylation is 2. The van der Waals surface area contributed by atoms with Crippen molar-refractivity contribution in [2.24, 2.45) is 0 Å². The summed E-state index contributed by atoms with van der Waals surface area (Å²) in [5.41, 5.74) is 8.52. The number of halogens is 3. The lowest BCUT2D eigenvalue weighted by atomic mass is 9.99. The Morgan fingerprint density at radius 3 is 1.83 bits per heavy atom. The number of hydrogen-bond donors (Lipinski definition) is 1. The fraction of sp³-hybridized carbons (Fsp3) is 0.100.